The average molecular weight is 447 g/mol. The predicted molar refractivity (Wildman–Crippen MR) is 108 cm³/mol. The van der Waals surface area contributed by atoms with Gasteiger partial charge in [-0.25, -0.2) is 4.39 Å². The molecule has 32 heavy (non-hydrogen) atoms. The number of carbonyl (C=O) groups is 4. The second-order valence-corrected chi connectivity index (χ2v) is 8.51. The van der Waals surface area contributed by atoms with Gasteiger partial charge in [-0.15, -0.1) is 0 Å². The number of aliphatic hydroxyl groups is 1. The lowest BCUT2D eigenvalue weighted by atomic mass is 9.98. The Kier molecular flexibility index (Phi) is 6.40. The number of aliphatic hydroxyl groups excluding tert-OH is 1. The highest BCUT2D eigenvalue weighted by Gasteiger charge is 2.45. The van der Waals surface area contributed by atoms with E-state index >= 15 is 0 Å². The number of fused-ring (bicyclic) bond motifs is 1. The number of ether oxygens (including phenoxy) is 1. The van der Waals surface area contributed by atoms with Gasteiger partial charge >= 0.3 is 5.97 Å². The van der Waals surface area contributed by atoms with E-state index in [1.165, 1.54) is 23.1 Å². The average Bonchev–Trinajstić information content (AvgIpc) is 3.30. The second kappa shape index (κ2) is 9.23. The number of hydrogen-bond donors (Lipinski definition) is 3. The maximum Gasteiger partial charge on any atom is 0.310 e. The van der Waals surface area contributed by atoms with Crippen molar-refractivity contribution < 1.29 is 33.4 Å². The van der Waals surface area contributed by atoms with Gasteiger partial charge in [0.05, 0.1) is 6.42 Å². The SMILES string of the molecule is O=C1CC(NC(=O)[C@@H]2CC[C@@H]3CCCC[C@H](NC(=O)c4cccc(F)c4)C(=O)N32)C(O)O1. The lowest BCUT2D eigenvalue weighted by Crippen LogP contribution is -2.57. The van der Waals surface area contributed by atoms with Gasteiger partial charge in [0.25, 0.3) is 5.91 Å². The number of nitrogens with one attached hydrogen (secondary N) is 2. The lowest BCUT2D eigenvalue weighted by Gasteiger charge is -2.35. The van der Waals surface area contributed by atoms with Crippen LogP contribution in [0.5, 0.6) is 0 Å². The van der Waals surface area contributed by atoms with Crippen LogP contribution in [0.3, 0.4) is 0 Å². The second-order valence-electron chi connectivity index (χ2n) is 8.51. The molecule has 0 saturated carbocycles. The minimum Gasteiger partial charge on any atom is -0.434 e. The summed E-state index contributed by atoms with van der Waals surface area (Å²) < 4.78 is 18.1. The van der Waals surface area contributed by atoms with Crippen LogP contribution in [0, 0.1) is 5.82 Å². The minimum atomic E-state index is -1.41. The number of esters is 1. The van der Waals surface area contributed by atoms with E-state index in [4.69, 9.17) is 0 Å². The molecule has 4 rings (SSSR count). The highest BCUT2D eigenvalue weighted by Crippen LogP contribution is 2.31. The number of benzene rings is 1. The summed E-state index contributed by atoms with van der Waals surface area (Å²) in [6, 6.07) is 2.65. The summed E-state index contributed by atoms with van der Waals surface area (Å²) in [4.78, 5) is 51.8. The molecule has 2 unspecified atom stereocenters. The standard InChI is InChI=1S/C22H26FN3O6/c23-13-5-3-4-12(10-13)19(28)24-15-7-2-1-6-14-8-9-17(26(14)21(15)30)20(29)25-16-11-18(27)32-22(16)31/h3-5,10,14-17,22,31H,1-2,6-9,11H2,(H,24,28)(H,25,29)/t14-,15-,16?,17-,22?/m0/s1. The smallest absolute Gasteiger partial charge is 0.310 e. The first-order valence-electron chi connectivity index (χ1n) is 10.9. The van der Waals surface area contributed by atoms with Crippen molar-refractivity contribution in [2.24, 2.45) is 0 Å². The summed E-state index contributed by atoms with van der Waals surface area (Å²) in [5.74, 6) is -2.51. The predicted octanol–water partition coefficient (Wildman–Crippen LogP) is 0.608. The molecule has 3 aliphatic rings. The Bertz CT molecular complexity index is 925. The Morgan fingerprint density at radius 3 is 2.59 bits per heavy atom. The third-order valence-corrected chi connectivity index (χ3v) is 6.34. The van der Waals surface area contributed by atoms with Crippen LogP contribution < -0.4 is 10.6 Å². The molecule has 0 bridgehead atoms. The molecule has 3 amide bonds. The van der Waals surface area contributed by atoms with Crippen molar-refractivity contribution in [2.75, 3.05) is 0 Å². The zero-order valence-corrected chi connectivity index (χ0v) is 17.5. The molecule has 10 heteroatoms. The van der Waals surface area contributed by atoms with Gasteiger partial charge in [0.1, 0.15) is 23.9 Å². The van der Waals surface area contributed by atoms with Crippen LogP contribution in [-0.4, -0.2) is 64.2 Å². The minimum absolute atomic E-state index is 0.118. The molecule has 0 radical (unpaired) electrons. The van der Waals surface area contributed by atoms with Crippen LogP contribution in [0.25, 0.3) is 0 Å². The number of halogens is 1. The Labute approximate surface area is 184 Å². The number of rotatable bonds is 4. The van der Waals surface area contributed by atoms with Crippen molar-refractivity contribution in [1.29, 1.82) is 0 Å². The van der Waals surface area contributed by atoms with Gasteiger partial charge in [-0.2, -0.15) is 0 Å². The first kappa shape index (κ1) is 22.2. The van der Waals surface area contributed by atoms with E-state index in [9.17, 15) is 28.7 Å². The molecule has 5 atom stereocenters. The number of carbonyl (C=O) groups excluding carboxylic acids is 4. The number of hydrogen-bond acceptors (Lipinski definition) is 6. The highest BCUT2D eigenvalue weighted by atomic mass is 19.1. The monoisotopic (exact) mass is 447 g/mol. The third-order valence-electron chi connectivity index (χ3n) is 6.34. The van der Waals surface area contributed by atoms with Gasteiger partial charge in [-0.1, -0.05) is 18.9 Å². The van der Waals surface area contributed by atoms with Crippen LogP contribution in [-0.2, 0) is 19.1 Å². The molecule has 0 aromatic heterocycles. The van der Waals surface area contributed by atoms with Gasteiger partial charge in [0, 0.05) is 11.6 Å². The molecular weight excluding hydrogens is 421 g/mol. The molecule has 9 nitrogen and oxygen atoms in total. The first-order chi connectivity index (χ1) is 15.3. The van der Waals surface area contributed by atoms with Crippen LogP contribution >= 0.6 is 0 Å². The van der Waals surface area contributed by atoms with Crippen molar-refractivity contribution >= 4 is 23.7 Å². The van der Waals surface area contributed by atoms with Gasteiger partial charge in [0.2, 0.25) is 18.1 Å². The Hall–Kier alpha value is -3.01. The summed E-state index contributed by atoms with van der Waals surface area (Å²) in [5, 5.41) is 15.1. The van der Waals surface area contributed by atoms with Gasteiger partial charge in [0.15, 0.2) is 0 Å². The molecule has 1 aromatic carbocycles. The van der Waals surface area contributed by atoms with Gasteiger partial charge < -0.3 is 25.4 Å². The molecule has 3 fully saturated rings. The molecule has 1 aromatic rings. The maximum atomic E-state index is 13.5. The number of cyclic esters (lactones) is 1. The van der Waals surface area contributed by atoms with Crippen molar-refractivity contribution in [3.05, 3.63) is 35.6 Å². The molecule has 3 N–H and O–H groups in total. The van der Waals surface area contributed by atoms with Crippen LogP contribution in [0.2, 0.25) is 0 Å². The van der Waals surface area contributed by atoms with E-state index in [-0.39, 0.29) is 23.9 Å². The lowest BCUT2D eigenvalue weighted by molar-refractivity contribution is -0.155. The fourth-order valence-corrected chi connectivity index (χ4v) is 4.74. The van der Waals surface area contributed by atoms with Gasteiger partial charge in [-0.3, -0.25) is 19.2 Å². The Balaban J connectivity index is 1.48. The largest absolute Gasteiger partial charge is 0.434 e. The molecule has 3 saturated heterocycles. The van der Waals surface area contributed by atoms with Crippen LogP contribution in [0.1, 0.15) is 55.3 Å². The molecule has 3 aliphatic heterocycles. The summed E-state index contributed by atoms with van der Waals surface area (Å²) in [6.07, 6.45) is 2.32. The van der Waals surface area contributed by atoms with Crippen molar-refractivity contribution in [1.82, 2.24) is 15.5 Å². The molecule has 0 aliphatic carbocycles. The van der Waals surface area contributed by atoms with E-state index in [1.54, 1.807) is 0 Å². The zero-order valence-electron chi connectivity index (χ0n) is 17.5. The first-order valence-corrected chi connectivity index (χ1v) is 10.9. The van der Waals surface area contributed by atoms with Crippen LogP contribution in [0.4, 0.5) is 4.39 Å². The zero-order chi connectivity index (χ0) is 22.8. The molecule has 0 spiro atoms. The van der Waals surface area contributed by atoms with E-state index in [2.05, 4.69) is 15.4 Å². The number of nitrogens with zero attached hydrogens (tertiary/aromatic N) is 1. The number of amides is 3. The Morgan fingerprint density at radius 2 is 1.88 bits per heavy atom. The molecule has 172 valence electrons. The molecule has 3 heterocycles. The normalized spacial score (nSPS) is 30.2. The summed E-state index contributed by atoms with van der Waals surface area (Å²) in [6.45, 7) is 0. The van der Waals surface area contributed by atoms with Crippen molar-refractivity contribution in [2.45, 2.75) is 75.4 Å². The summed E-state index contributed by atoms with van der Waals surface area (Å²) in [7, 11) is 0. The third kappa shape index (κ3) is 4.59. The van der Waals surface area contributed by atoms with Crippen molar-refractivity contribution in [3.8, 4) is 0 Å². The van der Waals surface area contributed by atoms with E-state index < -0.39 is 48.0 Å². The fraction of sp³-hybridized carbons (Fsp3) is 0.545. The van der Waals surface area contributed by atoms with E-state index in [1.807, 2.05) is 0 Å². The Morgan fingerprint density at radius 1 is 1.09 bits per heavy atom. The van der Waals surface area contributed by atoms with Crippen LogP contribution in [0.15, 0.2) is 24.3 Å². The van der Waals surface area contributed by atoms with E-state index in [0.29, 0.717) is 19.3 Å². The highest BCUT2D eigenvalue weighted by molar-refractivity contribution is 5.98. The van der Waals surface area contributed by atoms with E-state index in [0.717, 1.165) is 25.3 Å². The van der Waals surface area contributed by atoms with Gasteiger partial charge in [-0.05, 0) is 43.9 Å². The maximum absolute atomic E-state index is 13.5. The fourth-order valence-electron chi connectivity index (χ4n) is 4.74. The molecular formula is C22H26FN3O6. The van der Waals surface area contributed by atoms with Crippen molar-refractivity contribution in [3.63, 3.8) is 0 Å². The quantitative estimate of drug-likeness (QED) is 0.581. The topological polar surface area (TPSA) is 125 Å². The summed E-state index contributed by atoms with van der Waals surface area (Å²) in [5.41, 5.74) is 0.118. The summed E-state index contributed by atoms with van der Waals surface area (Å²) >= 11 is 0.